The minimum absolute atomic E-state index is 0.255. The first-order chi connectivity index (χ1) is 10.3. The Kier molecular flexibility index (Phi) is 10.3. The van der Waals surface area contributed by atoms with Crippen molar-refractivity contribution in [3.63, 3.8) is 0 Å². The van der Waals surface area contributed by atoms with Gasteiger partial charge in [-0.3, -0.25) is 0 Å². The highest BCUT2D eigenvalue weighted by molar-refractivity contribution is 6.27. The molecular formula is C14H20FNO6. The number of nitrogens with zero attached hydrogens (tertiary/aromatic N) is 1. The Bertz CT molecular complexity index is 437. The van der Waals surface area contributed by atoms with Crippen molar-refractivity contribution in [2.24, 2.45) is 0 Å². The van der Waals surface area contributed by atoms with Crippen molar-refractivity contribution in [3.8, 4) is 5.75 Å². The molecule has 2 N–H and O–H groups in total. The Labute approximate surface area is 127 Å². The van der Waals surface area contributed by atoms with Gasteiger partial charge >= 0.3 is 11.9 Å². The Morgan fingerprint density at radius 2 is 1.59 bits per heavy atom. The van der Waals surface area contributed by atoms with Gasteiger partial charge in [0.2, 0.25) is 0 Å². The lowest BCUT2D eigenvalue weighted by Crippen LogP contribution is -2.19. The van der Waals surface area contributed by atoms with Gasteiger partial charge < -0.3 is 24.6 Å². The van der Waals surface area contributed by atoms with Gasteiger partial charge in [0, 0.05) is 6.54 Å². The van der Waals surface area contributed by atoms with Crippen LogP contribution in [0.25, 0.3) is 0 Å². The maximum absolute atomic E-state index is 12.6. The monoisotopic (exact) mass is 317 g/mol. The lowest BCUT2D eigenvalue weighted by Gasteiger charge is -2.10. The molecule has 1 aromatic rings. The number of carboxylic acid groups (broad SMARTS) is 2. The van der Waals surface area contributed by atoms with E-state index in [4.69, 9.17) is 29.3 Å². The van der Waals surface area contributed by atoms with Crippen LogP contribution in [0.1, 0.15) is 0 Å². The molecule has 7 nitrogen and oxygen atoms in total. The van der Waals surface area contributed by atoms with Crippen molar-refractivity contribution in [2.75, 3.05) is 40.5 Å². The molecule has 0 aliphatic carbocycles. The number of aliphatic carboxylic acids is 2. The first-order valence-corrected chi connectivity index (χ1v) is 6.40. The van der Waals surface area contributed by atoms with Gasteiger partial charge in [-0.25, -0.2) is 14.0 Å². The molecule has 0 atom stereocenters. The van der Waals surface area contributed by atoms with E-state index in [1.165, 1.54) is 12.1 Å². The number of hydrogen-bond donors (Lipinski definition) is 2. The highest BCUT2D eigenvalue weighted by atomic mass is 19.1. The number of hydrogen-bond acceptors (Lipinski definition) is 5. The average Bonchev–Trinajstić information content (AvgIpc) is 2.45. The van der Waals surface area contributed by atoms with E-state index in [0.29, 0.717) is 25.6 Å². The number of benzene rings is 1. The highest BCUT2D eigenvalue weighted by Gasteiger charge is 2.04. The van der Waals surface area contributed by atoms with Crippen LogP contribution in [0.15, 0.2) is 24.3 Å². The van der Waals surface area contributed by atoms with Gasteiger partial charge in [-0.05, 0) is 38.4 Å². The number of likely N-dealkylation sites (N-methyl/N-ethyl adjacent to an activating group) is 1. The van der Waals surface area contributed by atoms with Gasteiger partial charge in [-0.15, -0.1) is 0 Å². The van der Waals surface area contributed by atoms with E-state index in [0.717, 1.165) is 6.54 Å². The molecule has 0 heterocycles. The average molecular weight is 317 g/mol. The van der Waals surface area contributed by atoms with Crippen LogP contribution in [-0.4, -0.2) is 67.5 Å². The van der Waals surface area contributed by atoms with Crippen LogP contribution >= 0.6 is 0 Å². The predicted molar refractivity (Wildman–Crippen MR) is 76.5 cm³/mol. The van der Waals surface area contributed by atoms with Crippen molar-refractivity contribution in [3.05, 3.63) is 30.1 Å². The van der Waals surface area contributed by atoms with Gasteiger partial charge in [0.15, 0.2) is 0 Å². The second kappa shape index (κ2) is 11.5. The summed E-state index contributed by atoms with van der Waals surface area (Å²) in [5.41, 5.74) is 0. The van der Waals surface area contributed by atoms with Gasteiger partial charge in [-0.2, -0.15) is 0 Å². The van der Waals surface area contributed by atoms with E-state index in [2.05, 4.69) is 4.90 Å². The van der Waals surface area contributed by atoms with Gasteiger partial charge in [0.25, 0.3) is 0 Å². The minimum atomic E-state index is -1.82. The minimum Gasteiger partial charge on any atom is -0.491 e. The van der Waals surface area contributed by atoms with E-state index < -0.39 is 11.9 Å². The number of rotatable bonds is 7. The van der Waals surface area contributed by atoms with Gasteiger partial charge in [0.1, 0.15) is 18.2 Å². The van der Waals surface area contributed by atoms with Crippen LogP contribution in [0.3, 0.4) is 0 Å². The van der Waals surface area contributed by atoms with E-state index >= 15 is 0 Å². The summed E-state index contributed by atoms with van der Waals surface area (Å²) in [6, 6.07) is 5.97. The van der Waals surface area contributed by atoms with Crippen LogP contribution in [0.4, 0.5) is 4.39 Å². The first kappa shape index (κ1) is 19.8. The third kappa shape index (κ3) is 11.6. The largest absolute Gasteiger partial charge is 0.491 e. The summed E-state index contributed by atoms with van der Waals surface area (Å²) in [6.07, 6.45) is 0. The lowest BCUT2D eigenvalue weighted by molar-refractivity contribution is -0.159. The third-order valence-electron chi connectivity index (χ3n) is 2.18. The van der Waals surface area contributed by atoms with Gasteiger partial charge in [0.05, 0.1) is 13.2 Å². The summed E-state index contributed by atoms with van der Waals surface area (Å²) in [7, 11) is 4.00. The van der Waals surface area contributed by atoms with Crippen molar-refractivity contribution >= 4 is 11.9 Å². The molecule has 8 heteroatoms. The zero-order chi connectivity index (χ0) is 17.0. The normalized spacial score (nSPS) is 9.82. The standard InChI is InChI=1S/C12H18FNO2.C2H2O4/c1-14(2)7-8-15-9-10-16-12-5-3-11(13)4-6-12;3-1(4)2(5)6/h3-6H,7-10H2,1-2H3;(H,3,4)(H,5,6). The number of carboxylic acids is 2. The van der Waals surface area contributed by atoms with Crippen LogP contribution in [-0.2, 0) is 14.3 Å². The first-order valence-electron chi connectivity index (χ1n) is 6.40. The van der Waals surface area contributed by atoms with E-state index in [-0.39, 0.29) is 5.82 Å². The summed E-state index contributed by atoms with van der Waals surface area (Å²) in [5.74, 6) is -3.24. The highest BCUT2D eigenvalue weighted by Crippen LogP contribution is 2.10. The fraction of sp³-hybridized carbons (Fsp3) is 0.429. The lowest BCUT2D eigenvalue weighted by atomic mass is 10.3. The fourth-order valence-electron chi connectivity index (χ4n) is 1.10. The SMILES string of the molecule is CN(C)CCOCCOc1ccc(F)cc1.O=C(O)C(=O)O. The summed E-state index contributed by atoms with van der Waals surface area (Å²) in [5, 5.41) is 14.8. The maximum atomic E-state index is 12.6. The molecule has 0 bridgehead atoms. The van der Waals surface area contributed by atoms with Gasteiger partial charge in [-0.1, -0.05) is 0 Å². The summed E-state index contributed by atoms with van der Waals surface area (Å²) >= 11 is 0. The van der Waals surface area contributed by atoms with Crippen molar-refractivity contribution in [1.82, 2.24) is 4.90 Å². The zero-order valence-electron chi connectivity index (χ0n) is 12.5. The molecule has 0 aliphatic rings. The summed E-state index contributed by atoms with van der Waals surface area (Å²) in [4.78, 5) is 20.3. The molecule has 0 aromatic heterocycles. The Morgan fingerprint density at radius 3 is 2.05 bits per heavy atom. The molecule has 0 spiro atoms. The molecular weight excluding hydrogens is 297 g/mol. The quantitative estimate of drug-likeness (QED) is 0.570. The second-order valence-electron chi connectivity index (χ2n) is 4.33. The third-order valence-corrected chi connectivity index (χ3v) is 2.18. The number of carbonyl (C=O) groups is 2. The van der Waals surface area contributed by atoms with E-state index in [1.807, 2.05) is 14.1 Å². The molecule has 0 fully saturated rings. The van der Waals surface area contributed by atoms with Crippen LogP contribution < -0.4 is 4.74 Å². The van der Waals surface area contributed by atoms with Crippen molar-refractivity contribution in [1.29, 1.82) is 0 Å². The second-order valence-corrected chi connectivity index (χ2v) is 4.33. The molecule has 0 unspecified atom stereocenters. The summed E-state index contributed by atoms with van der Waals surface area (Å²) < 4.78 is 23.3. The van der Waals surface area contributed by atoms with Crippen LogP contribution in [0, 0.1) is 5.82 Å². The molecule has 0 amide bonds. The fourth-order valence-corrected chi connectivity index (χ4v) is 1.10. The Hall–Kier alpha value is -2.19. The molecule has 0 saturated heterocycles. The van der Waals surface area contributed by atoms with Crippen LogP contribution in [0.2, 0.25) is 0 Å². The van der Waals surface area contributed by atoms with Crippen molar-refractivity contribution in [2.45, 2.75) is 0 Å². The Balaban J connectivity index is 0.000000626. The molecule has 1 rings (SSSR count). The molecule has 0 aliphatic heterocycles. The predicted octanol–water partition coefficient (Wildman–Crippen LogP) is 0.938. The number of ether oxygens (including phenoxy) is 2. The maximum Gasteiger partial charge on any atom is 0.414 e. The van der Waals surface area contributed by atoms with Crippen molar-refractivity contribution < 1.29 is 33.7 Å². The molecule has 0 saturated carbocycles. The molecule has 22 heavy (non-hydrogen) atoms. The zero-order valence-corrected chi connectivity index (χ0v) is 12.5. The van der Waals surface area contributed by atoms with E-state index in [1.54, 1.807) is 12.1 Å². The topological polar surface area (TPSA) is 96.3 Å². The summed E-state index contributed by atoms with van der Waals surface area (Å²) in [6.45, 7) is 2.63. The van der Waals surface area contributed by atoms with Crippen LogP contribution in [0.5, 0.6) is 5.75 Å². The van der Waals surface area contributed by atoms with E-state index in [9.17, 15) is 4.39 Å². The molecule has 124 valence electrons. The molecule has 1 aromatic carbocycles. The molecule has 0 radical (unpaired) electrons. The number of halogens is 1. The smallest absolute Gasteiger partial charge is 0.414 e. The Morgan fingerprint density at radius 1 is 1.05 bits per heavy atom.